The third-order valence-corrected chi connectivity index (χ3v) is 14.9. The van der Waals surface area contributed by atoms with Crippen molar-refractivity contribution in [1.82, 2.24) is 25.1 Å². The van der Waals surface area contributed by atoms with Gasteiger partial charge in [0.15, 0.2) is 0 Å². The number of amides is 5. The number of rotatable bonds is 10. The average Bonchev–Trinajstić information content (AvgIpc) is 3.76. The average molecular weight is 886 g/mol. The molecule has 2 aliphatic carbocycles. The summed E-state index contributed by atoms with van der Waals surface area (Å²) in [6.45, 7) is 7.15. The Labute approximate surface area is 366 Å². The van der Waals surface area contributed by atoms with Crippen LogP contribution in [0.25, 0.3) is 10.2 Å². The number of alkyl halides is 3. The number of hydrogen-bond donors (Lipinski definition) is 4. The molecule has 2 saturated carbocycles. The summed E-state index contributed by atoms with van der Waals surface area (Å²) in [7, 11) is 0. The van der Waals surface area contributed by atoms with Crippen LogP contribution in [0.4, 0.5) is 24.5 Å². The normalized spacial score (nSPS) is 23.2. The lowest BCUT2D eigenvalue weighted by atomic mass is 9.65. The Bertz CT molecular complexity index is 2500. The summed E-state index contributed by atoms with van der Waals surface area (Å²) in [5.41, 5.74) is 0.00686. The predicted octanol–water partition coefficient (Wildman–Crippen LogP) is 7.47. The van der Waals surface area contributed by atoms with E-state index in [1.165, 1.54) is 6.07 Å². The molecule has 4 N–H and O–H groups in total. The third-order valence-electron chi connectivity index (χ3n) is 13.8. The fraction of sp³-hybridized carbons (Fsp3) is 0.500. The molecule has 4 aromatic rings. The lowest BCUT2D eigenvalue weighted by Gasteiger charge is -2.54. The van der Waals surface area contributed by atoms with Crippen molar-refractivity contribution in [1.29, 1.82) is 0 Å². The summed E-state index contributed by atoms with van der Waals surface area (Å²) in [5, 5.41) is 20.4. The summed E-state index contributed by atoms with van der Waals surface area (Å²) >= 11 is 1.55. The molecule has 5 amide bonds. The van der Waals surface area contributed by atoms with E-state index in [4.69, 9.17) is 4.98 Å². The number of nitrogens with one attached hydrogen (secondary N) is 3. The topological polar surface area (TPSA) is 174 Å². The molecule has 2 aromatic carbocycles. The Morgan fingerprint density at radius 2 is 1.63 bits per heavy atom. The fourth-order valence-corrected chi connectivity index (χ4v) is 11.6. The number of imide groups is 2. The second kappa shape index (κ2) is 16.4. The lowest BCUT2D eigenvalue weighted by Crippen LogP contribution is -2.58. The Kier molecular flexibility index (Phi) is 11.2. The van der Waals surface area contributed by atoms with Crippen LogP contribution in [-0.4, -0.2) is 86.6 Å². The number of pyridine rings is 1. The number of aromatic nitrogens is 2. The number of thiazole rings is 1. The molecule has 1 atom stereocenters. The minimum Gasteiger partial charge on any atom is -0.386 e. The van der Waals surface area contributed by atoms with Gasteiger partial charge in [0.2, 0.25) is 11.8 Å². The molecule has 0 bridgehead atoms. The van der Waals surface area contributed by atoms with Crippen molar-refractivity contribution in [3.8, 4) is 0 Å². The maximum absolute atomic E-state index is 13.5. The van der Waals surface area contributed by atoms with E-state index in [9.17, 15) is 42.3 Å². The Morgan fingerprint density at radius 3 is 2.33 bits per heavy atom. The number of anilines is 2. The molecule has 3 aliphatic heterocycles. The highest BCUT2D eigenvalue weighted by Gasteiger charge is 2.47. The fourth-order valence-electron chi connectivity index (χ4n) is 10.4. The highest BCUT2D eigenvalue weighted by molar-refractivity contribution is 7.18. The highest BCUT2D eigenvalue weighted by atomic mass is 32.1. The number of fused-ring (bicyclic) bond motifs is 2. The highest BCUT2D eigenvalue weighted by Crippen LogP contribution is 2.48. The maximum Gasteiger partial charge on any atom is 0.433 e. The van der Waals surface area contributed by atoms with Gasteiger partial charge in [0.05, 0.1) is 32.0 Å². The van der Waals surface area contributed by atoms with Crippen molar-refractivity contribution in [2.75, 3.05) is 36.8 Å². The summed E-state index contributed by atoms with van der Waals surface area (Å²) in [6, 6.07) is 10.8. The molecular formula is C46H50F3N7O6S. The van der Waals surface area contributed by atoms with Crippen LogP contribution in [0.1, 0.15) is 131 Å². The zero-order chi connectivity index (χ0) is 44.4. The number of benzene rings is 2. The number of likely N-dealkylation sites (tertiary alicyclic amines) is 1. The van der Waals surface area contributed by atoms with Gasteiger partial charge in [0.1, 0.15) is 17.4 Å². The first-order valence-electron chi connectivity index (χ1n) is 21.8. The minimum absolute atomic E-state index is 0.0763. The second-order valence-electron chi connectivity index (χ2n) is 18.7. The van der Waals surface area contributed by atoms with Crippen LogP contribution in [0.5, 0.6) is 0 Å². The van der Waals surface area contributed by atoms with Gasteiger partial charge in [0, 0.05) is 55.5 Å². The number of hydrogen-bond acceptors (Lipinski definition) is 11. The molecule has 2 saturated heterocycles. The van der Waals surface area contributed by atoms with Gasteiger partial charge in [0.25, 0.3) is 17.7 Å². The maximum atomic E-state index is 13.5. The van der Waals surface area contributed by atoms with Gasteiger partial charge in [-0.2, -0.15) is 13.2 Å². The first-order chi connectivity index (χ1) is 29.9. The zero-order valence-electron chi connectivity index (χ0n) is 35.1. The smallest absolute Gasteiger partial charge is 0.386 e. The molecule has 4 fully saturated rings. The van der Waals surface area contributed by atoms with Gasteiger partial charge in [-0.15, -0.1) is 11.3 Å². The zero-order valence-corrected chi connectivity index (χ0v) is 36.0. The molecule has 5 heterocycles. The first kappa shape index (κ1) is 43.0. The second-order valence-corrected chi connectivity index (χ2v) is 19.8. The van der Waals surface area contributed by atoms with Gasteiger partial charge < -0.3 is 20.6 Å². The monoisotopic (exact) mass is 885 g/mol. The summed E-state index contributed by atoms with van der Waals surface area (Å²) in [5.74, 6) is -1.51. The molecule has 17 heteroatoms. The van der Waals surface area contributed by atoms with E-state index < -0.39 is 53.0 Å². The predicted molar refractivity (Wildman–Crippen MR) is 229 cm³/mol. The van der Waals surface area contributed by atoms with Crippen LogP contribution < -0.4 is 16.0 Å². The van der Waals surface area contributed by atoms with Crippen LogP contribution in [0.3, 0.4) is 0 Å². The molecule has 13 nitrogen and oxygen atoms in total. The summed E-state index contributed by atoms with van der Waals surface area (Å²) in [4.78, 5) is 76.1. The molecule has 9 rings (SSSR count). The van der Waals surface area contributed by atoms with E-state index >= 15 is 0 Å². The number of carbonyl (C=O) groups is 5. The van der Waals surface area contributed by atoms with Gasteiger partial charge >= 0.3 is 6.18 Å². The summed E-state index contributed by atoms with van der Waals surface area (Å²) < 4.78 is 40.6. The summed E-state index contributed by atoms with van der Waals surface area (Å²) in [6.07, 6.45) is 4.19. The molecular weight excluding hydrogens is 836 g/mol. The number of halogens is 3. The number of aliphatic hydroxyl groups is 1. The molecule has 1 unspecified atom stereocenters. The van der Waals surface area contributed by atoms with Gasteiger partial charge in [-0.05, 0) is 125 Å². The first-order valence-corrected chi connectivity index (χ1v) is 22.6. The molecule has 63 heavy (non-hydrogen) atoms. The van der Waals surface area contributed by atoms with E-state index in [-0.39, 0.29) is 24.1 Å². The molecule has 1 spiro atoms. The Hall–Kier alpha value is -5.26. The van der Waals surface area contributed by atoms with Gasteiger partial charge in [-0.3, -0.25) is 34.2 Å². The van der Waals surface area contributed by atoms with Crippen molar-refractivity contribution in [2.24, 2.45) is 17.3 Å². The largest absolute Gasteiger partial charge is 0.433 e. The van der Waals surface area contributed by atoms with Crippen LogP contribution in [0.15, 0.2) is 48.5 Å². The van der Waals surface area contributed by atoms with E-state index in [0.717, 1.165) is 97.7 Å². The number of piperidine rings is 1. The van der Waals surface area contributed by atoms with Crippen molar-refractivity contribution in [3.63, 3.8) is 0 Å². The number of carbonyl (C=O) groups excluding carboxylic acids is 5. The van der Waals surface area contributed by atoms with Crippen LogP contribution >= 0.6 is 11.3 Å². The van der Waals surface area contributed by atoms with Crippen molar-refractivity contribution >= 4 is 62.5 Å². The molecule has 332 valence electrons. The van der Waals surface area contributed by atoms with E-state index in [1.54, 1.807) is 55.5 Å². The van der Waals surface area contributed by atoms with Crippen molar-refractivity contribution in [2.45, 2.75) is 102 Å². The van der Waals surface area contributed by atoms with Gasteiger partial charge in [-0.1, -0.05) is 12.1 Å². The Balaban J connectivity index is 0.747. The van der Waals surface area contributed by atoms with Crippen LogP contribution in [0.2, 0.25) is 0 Å². The molecule has 2 aromatic heterocycles. The van der Waals surface area contributed by atoms with Crippen LogP contribution in [-0.2, 0) is 21.4 Å². The standard InChI is InChI=1S/C46H50F3N7O6S/c1-44(2,62)29-19-33-35(20-32(29)52-39(58)31-7-4-8-36(51-31)46(47,48)49)63-41(53-33)27-11-9-26(10-12-27)22-55-23-45(24-55)17-15-25(16-18-45)21-50-30-6-3-5-28-38(30)43(61)56(42(28)60)34-13-14-37(57)54-40(34)59/h3-8,19-20,25-27,34,50,62H,9-18,21-24H2,1-2H3,(H,52,58)(H,54,57,59)/t26-,27-,34?. The van der Waals surface area contributed by atoms with Crippen molar-refractivity contribution < 1.29 is 42.3 Å². The Morgan fingerprint density at radius 1 is 0.905 bits per heavy atom. The van der Waals surface area contributed by atoms with Crippen molar-refractivity contribution in [3.05, 3.63) is 81.6 Å². The lowest BCUT2D eigenvalue weighted by molar-refractivity contribution is -0.141. The number of nitrogens with zero attached hydrogens (tertiary/aromatic N) is 4. The SMILES string of the molecule is CC(C)(O)c1cc2nc([C@H]3CC[C@H](CN4CC5(CCC(CNc6cccc7c6C(=O)N(C6CCC(=O)NC6=O)C7=O)CC5)C4)CC3)sc2cc1NC(=O)c1cccc(C(F)(F)F)n1. The van der Waals surface area contributed by atoms with E-state index in [2.05, 4.69) is 25.8 Å². The minimum atomic E-state index is -4.69. The van der Waals surface area contributed by atoms with E-state index in [1.807, 2.05) is 0 Å². The molecule has 0 radical (unpaired) electrons. The quantitative estimate of drug-likeness (QED) is 0.117. The van der Waals surface area contributed by atoms with Crippen LogP contribution in [0, 0.1) is 17.3 Å². The third kappa shape index (κ3) is 8.58. The van der Waals surface area contributed by atoms with E-state index in [0.29, 0.717) is 57.7 Å². The molecule has 5 aliphatic rings. The van der Waals surface area contributed by atoms with Gasteiger partial charge in [-0.25, -0.2) is 9.97 Å².